The quantitative estimate of drug-likeness (QED) is 0.856. The number of benzene rings is 1. The first-order valence-electron chi connectivity index (χ1n) is 6.41. The summed E-state index contributed by atoms with van der Waals surface area (Å²) < 4.78 is 0. The Bertz CT molecular complexity index is 598. The number of nitrogens with two attached hydrogens (primary N) is 1. The highest BCUT2D eigenvalue weighted by Gasteiger charge is 2.18. The predicted octanol–water partition coefficient (Wildman–Crippen LogP) is 2.88. The monoisotopic (exact) mass is 273 g/mol. The maximum atomic E-state index is 6.16. The summed E-state index contributed by atoms with van der Waals surface area (Å²) in [5, 5.41) is 0.737. The van der Waals surface area contributed by atoms with Crippen molar-refractivity contribution < 1.29 is 0 Å². The molecule has 3 rings (SSSR count). The van der Waals surface area contributed by atoms with Crippen LogP contribution in [-0.4, -0.2) is 16.4 Å². The fourth-order valence-electron chi connectivity index (χ4n) is 2.61. The van der Waals surface area contributed by atoms with Crippen molar-refractivity contribution in [2.45, 2.75) is 19.5 Å². The summed E-state index contributed by atoms with van der Waals surface area (Å²) >= 11 is 6.16. The van der Waals surface area contributed by atoms with Crippen LogP contribution in [0.15, 0.2) is 36.7 Å². The lowest BCUT2D eigenvalue weighted by molar-refractivity contribution is 0.246. The SMILES string of the molecule is Nc1cccc2c1CCN(Cc1ccncc1Cl)C2. The van der Waals surface area contributed by atoms with Gasteiger partial charge in [-0.2, -0.15) is 0 Å². The maximum absolute atomic E-state index is 6.16. The van der Waals surface area contributed by atoms with Crippen molar-refractivity contribution in [3.63, 3.8) is 0 Å². The number of hydrogen-bond acceptors (Lipinski definition) is 3. The zero-order chi connectivity index (χ0) is 13.2. The summed E-state index contributed by atoms with van der Waals surface area (Å²) in [5.74, 6) is 0. The number of anilines is 1. The minimum Gasteiger partial charge on any atom is -0.398 e. The zero-order valence-electron chi connectivity index (χ0n) is 10.6. The molecule has 1 aromatic heterocycles. The lowest BCUT2D eigenvalue weighted by atomic mass is 9.98. The van der Waals surface area contributed by atoms with Crippen molar-refractivity contribution in [2.24, 2.45) is 0 Å². The molecule has 2 N–H and O–H groups in total. The topological polar surface area (TPSA) is 42.1 Å². The summed E-state index contributed by atoms with van der Waals surface area (Å²) in [6.45, 7) is 2.80. The van der Waals surface area contributed by atoms with Crippen LogP contribution >= 0.6 is 11.6 Å². The van der Waals surface area contributed by atoms with Crippen molar-refractivity contribution in [2.75, 3.05) is 12.3 Å². The van der Waals surface area contributed by atoms with Gasteiger partial charge < -0.3 is 5.73 Å². The molecule has 0 bridgehead atoms. The van der Waals surface area contributed by atoms with Crippen molar-refractivity contribution >= 4 is 17.3 Å². The van der Waals surface area contributed by atoms with Gasteiger partial charge in [0.25, 0.3) is 0 Å². The molecule has 2 heterocycles. The molecule has 1 aromatic carbocycles. The Morgan fingerprint density at radius 2 is 2.21 bits per heavy atom. The number of hydrogen-bond donors (Lipinski definition) is 1. The van der Waals surface area contributed by atoms with Crippen LogP contribution in [0.4, 0.5) is 5.69 Å². The normalized spacial score (nSPS) is 15.2. The van der Waals surface area contributed by atoms with Gasteiger partial charge in [-0.3, -0.25) is 9.88 Å². The standard InChI is InChI=1S/C15H16ClN3/c16-14-8-18-6-4-12(14)10-19-7-5-13-11(9-19)2-1-3-15(13)17/h1-4,6,8H,5,7,9-10,17H2. The lowest BCUT2D eigenvalue weighted by Crippen LogP contribution is -2.30. The van der Waals surface area contributed by atoms with E-state index in [1.54, 1.807) is 12.4 Å². The smallest absolute Gasteiger partial charge is 0.0634 e. The van der Waals surface area contributed by atoms with E-state index in [4.69, 9.17) is 17.3 Å². The van der Waals surface area contributed by atoms with E-state index in [2.05, 4.69) is 16.0 Å². The zero-order valence-corrected chi connectivity index (χ0v) is 11.4. The van der Waals surface area contributed by atoms with Crippen LogP contribution in [0.1, 0.15) is 16.7 Å². The highest BCUT2D eigenvalue weighted by molar-refractivity contribution is 6.31. The Labute approximate surface area is 118 Å². The van der Waals surface area contributed by atoms with E-state index in [1.807, 2.05) is 18.2 Å². The summed E-state index contributed by atoms with van der Waals surface area (Å²) in [4.78, 5) is 6.41. The number of halogens is 1. The Balaban J connectivity index is 1.78. The molecular weight excluding hydrogens is 258 g/mol. The largest absolute Gasteiger partial charge is 0.398 e. The first-order chi connectivity index (χ1) is 9.24. The Kier molecular flexibility index (Phi) is 3.40. The number of rotatable bonds is 2. The van der Waals surface area contributed by atoms with E-state index < -0.39 is 0 Å². The second-order valence-corrected chi connectivity index (χ2v) is 5.32. The van der Waals surface area contributed by atoms with E-state index in [0.717, 1.165) is 42.3 Å². The fraction of sp³-hybridized carbons (Fsp3) is 0.267. The van der Waals surface area contributed by atoms with Gasteiger partial charge in [-0.05, 0) is 35.2 Å². The first-order valence-corrected chi connectivity index (χ1v) is 6.79. The molecule has 98 valence electrons. The van der Waals surface area contributed by atoms with Gasteiger partial charge in [-0.1, -0.05) is 23.7 Å². The summed E-state index contributed by atoms with van der Waals surface area (Å²) in [7, 11) is 0. The van der Waals surface area contributed by atoms with E-state index in [-0.39, 0.29) is 0 Å². The van der Waals surface area contributed by atoms with Crippen molar-refractivity contribution in [1.82, 2.24) is 9.88 Å². The molecule has 0 saturated heterocycles. The van der Waals surface area contributed by atoms with Gasteiger partial charge in [0.1, 0.15) is 0 Å². The molecule has 2 aromatic rings. The third-order valence-electron chi connectivity index (χ3n) is 3.63. The molecule has 4 heteroatoms. The van der Waals surface area contributed by atoms with Crippen LogP contribution in [0.25, 0.3) is 0 Å². The van der Waals surface area contributed by atoms with Crippen molar-refractivity contribution in [3.05, 3.63) is 58.4 Å². The van der Waals surface area contributed by atoms with Crippen molar-refractivity contribution in [3.8, 4) is 0 Å². The van der Waals surface area contributed by atoms with Crippen LogP contribution in [0.5, 0.6) is 0 Å². The highest BCUT2D eigenvalue weighted by atomic mass is 35.5. The average Bonchev–Trinajstić information content (AvgIpc) is 2.42. The third kappa shape index (κ3) is 2.57. The van der Waals surface area contributed by atoms with E-state index in [0.29, 0.717) is 0 Å². The van der Waals surface area contributed by atoms with Gasteiger partial charge in [-0.25, -0.2) is 0 Å². The summed E-state index contributed by atoms with van der Waals surface area (Å²) in [6.07, 6.45) is 4.49. The number of nitrogen functional groups attached to an aromatic ring is 1. The van der Waals surface area contributed by atoms with Crippen LogP contribution in [-0.2, 0) is 19.5 Å². The number of aromatic nitrogens is 1. The number of nitrogens with zero attached hydrogens (tertiary/aromatic N) is 2. The van der Waals surface area contributed by atoms with Crippen LogP contribution in [0.2, 0.25) is 5.02 Å². The second kappa shape index (κ2) is 5.19. The Morgan fingerprint density at radius 1 is 1.32 bits per heavy atom. The van der Waals surface area contributed by atoms with Crippen molar-refractivity contribution in [1.29, 1.82) is 0 Å². The van der Waals surface area contributed by atoms with Crippen LogP contribution in [0, 0.1) is 0 Å². The van der Waals surface area contributed by atoms with Gasteiger partial charge in [-0.15, -0.1) is 0 Å². The molecule has 0 amide bonds. The molecule has 0 atom stereocenters. The Hall–Kier alpha value is -1.58. The van der Waals surface area contributed by atoms with Gasteiger partial charge in [0.15, 0.2) is 0 Å². The highest BCUT2D eigenvalue weighted by Crippen LogP contribution is 2.26. The average molecular weight is 274 g/mol. The number of pyridine rings is 1. The van der Waals surface area contributed by atoms with Crippen LogP contribution in [0.3, 0.4) is 0 Å². The van der Waals surface area contributed by atoms with E-state index in [9.17, 15) is 0 Å². The minimum absolute atomic E-state index is 0.737. The number of fused-ring (bicyclic) bond motifs is 1. The van der Waals surface area contributed by atoms with Gasteiger partial charge in [0, 0.05) is 37.7 Å². The van der Waals surface area contributed by atoms with Gasteiger partial charge in [0.2, 0.25) is 0 Å². The van der Waals surface area contributed by atoms with Crippen LogP contribution < -0.4 is 5.73 Å². The molecule has 0 aliphatic carbocycles. The molecule has 3 nitrogen and oxygen atoms in total. The molecule has 0 saturated carbocycles. The summed E-state index contributed by atoms with van der Waals surface area (Å²) in [5.41, 5.74) is 10.7. The maximum Gasteiger partial charge on any atom is 0.0634 e. The lowest BCUT2D eigenvalue weighted by Gasteiger charge is -2.29. The molecular formula is C15H16ClN3. The first kappa shape index (κ1) is 12.5. The van der Waals surface area contributed by atoms with Gasteiger partial charge >= 0.3 is 0 Å². The molecule has 0 unspecified atom stereocenters. The van der Waals surface area contributed by atoms with Gasteiger partial charge in [0.05, 0.1) is 5.02 Å². The van der Waals surface area contributed by atoms with E-state index >= 15 is 0 Å². The molecule has 1 aliphatic heterocycles. The summed E-state index contributed by atoms with van der Waals surface area (Å²) in [6, 6.07) is 8.15. The predicted molar refractivity (Wildman–Crippen MR) is 77.9 cm³/mol. The molecule has 0 spiro atoms. The molecule has 0 radical (unpaired) electrons. The molecule has 19 heavy (non-hydrogen) atoms. The van der Waals surface area contributed by atoms with E-state index in [1.165, 1.54) is 11.1 Å². The Morgan fingerprint density at radius 3 is 3.05 bits per heavy atom. The fourth-order valence-corrected chi connectivity index (χ4v) is 2.78. The third-order valence-corrected chi connectivity index (χ3v) is 3.97. The molecule has 0 fully saturated rings. The second-order valence-electron chi connectivity index (χ2n) is 4.91. The molecule has 1 aliphatic rings. The minimum atomic E-state index is 0.737.